The number of carbonyl (C=O) groups is 1. The molecule has 2 nitrogen and oxygen atoms in total. The molecule has 0 amide bonds. The molecule has 1 aliphatic rings. The van der Waals surface area contributed by atoms with Gasteiger partial charge in [-0.25, -0.2) is 0 Å². The van der Waals surface area contributed by atoms with E-state index >= 15 is 0 Å². The van der Waals surface area contributed by atoms with Crippen LogP contribution in [0.15, 0.2) is 24.0 Å². The SMILES string of the molecule is COC1=CC[C@H](CCC(C)=O)C=C1. The van der Waals surface area contributed by atoms with Crippen molar-refractivity contribution in [1.29, 1.82) is 0 Å². The minimum atomic E-state index is 0.273. The molecule has 0 heterocycles. The number of carbonyl (C=O) groups excluding carboxylic acids is 1. The van der Waals surface area contributed by atoms with E-state index in [0.717, 1.165) is 18.6 Å². The van der Waals surface area contributed by atoms with E-state index in [1.807, 2.05) is 6.08 Å². The van der Waals surface area contributed by atoms with Crippen molar-refractivity contribution in [2.24, 2.45) is 5.92 Å². The summed E-state index contributed by atoms with van der Waals surface area (Å²) in [5, 5.41) is 0. The van der Waals surface area contributed by atoms with Crippen LogP contribution in [0, 0.1) is 5.92 Å². The molecule has 0 spiro atoms. The van der Waals surface area contributed by atoms with Gasteiger partial charge in [0.2, 0.25) is 0 Å². The fraction of sp³-hybridized carbons (Fsp3) is 0.545. The first-order valence-corrected chi connectivity index (χ1v) is 4.64. The molecule has 0 aliphatic heterocycles. The predicted octanol–water partition coefficient (Wildman–Crippen LogP) is 2.46. The molecule has 0 unspecified atom stereocenters. The summed E-state index contributed by atoms with van der Waals surface area (Å²) in [6.07, 6.45) is 8.82. The Morgan fingerprint density at radius 3 is 2.92 bits per heavy atom. The van der Waals surface area contributed by atoms with Crippen LogP contribution in [-0.2, 0) is 9.53 Å². The van der Waals surface area contributed by atoms with Crippen molar-refractivity contribution >= 4 is 5.78 Å². The number of allylic oxidation sites excluding steroid dienone is 3. The van der Waals surface area contributed by atoms with Gasteiger partial charge in [0, 0.05) is 6.42 Å². The Morgan fingerprint density at radius 1 is 1.69 bits per heavy atom. The Labute approximate surface area is 79.3 Å². The monoisotopic (exact) mass is 180 g/mol. The molecular formula is C11H16O2. The highest BCUT2D eigenvalue weighted by Gasteiger charge is 2.09. The van der Waals surface area contributed by atoms with Crippen LogP contribution in [0.2, 0.25) is 0 Å². The van der Waals surface area contributed by atoms with Crippen LogP contribution >= 0.6 is 0 Å². The van der Waals surface area contributed by atoms with Crippen molar-refractivity contribution in [1.82, 2.24) is 0 Å². The summed E-state index contributed by atoms with van der Waals surface area (Å²) in [6.45, 7) is 1.64. The van der Waals surface area contributed by atoms with Crippen molar-refractivity contribution in [3.63, 3.8) is 0 Å². The van der Waals surface area contributed by atoms with Crippen molar-refractivity contribution in [3.05, 3.63) is 24.0 Å². The molecule has 1 aliphatic carbocycles. The van der Waals surface area contributed by atoms with Crippen LogP contribution in [0.25, 0.3) is 0 Å². The van der Waals surface area contributed by atoms with Gasteiger partial charge in [-0.1, -0.05) is 6.08 Å². The topological polar surface area (TPSA) is 26.3 Å². The molecule has 0 saturated carbocycles. The third kappa shape index (κ3) is 3.45. The molecular weight excluding hydrogens is 164 g/mol. The van der Waals surface area contributed by atoms with Crippen LogP contribution in [0.1, 0.15) is 26.2 Å². The Hall–Kier alpha value is -1.05. The molecule has 0 radical (unpaired) electrons. The van der Waals surface area contributed by atoms with E-state index in [2.05, 4.69) is 12.2 Å². The predicted molar refractivity (Wildman–Crippen MR) is 52.3 cm³/mol. The highest BCUT2D eigenvalue weighted by atomic mass is 16.5. The maximum absolute atomic E-state index is 10.7. The lowest BCUT2D eigenvalue weighted by Gasteiger charge is -2.14. The van der Waals surface area contributed by atoms with Gasteiger partial charge in [0.25, 0.3) is 0 Å². The largest absolute Gasteiger partial charge is 0.497 e. The molecule has 1 atom stereocenters. The molecule has 0 bridgehead atoms. The van der Waals surface area contributed by atoms with Crippen LogP contribution < -0.4 is 0 Å². The summed E-state index contributed by atoms with van der Waals surface area (Å²) in [4.78, 5) is 10.7. The molecule has 13 heavy (non-hydrogen) atoms. The summed E-state index contributed by atoms with van der Waals surface area (Å²) >= 11 is 0. The maximum atomic E-state index is 10.7. The summed E-state index contributed by atoms with van der Waals surface area (Å²) in [6, 6.07) is 0. The standard InChI is InChI=1S/C11H16O2/c1-9(12)3-4-10-5-7-11(13-2)8-6-10/h5,7-8,10H,3-4,6H2,1-2H3/t10-/m1/s1. The van der Waals surface area contributed by atoms with Crippen molar-refractivity contribution in [2.75, 3.05) is 7.11 Å². The molecule has 0 aromatic heterocycles. The lowest BCUT2D eigenvalue weighted by atomic mass is 9.94. The van der Waals surface area contributed by atoms with Crippen LogP contribution in [0.4, 0.5) is 0 Å². The van der Waals surface area contributed by atoms with Crippen LogP contribution in [0.5, 0.6) is 0 Å². The van der Waals surface area contributed by atoms with E-state index in [-0.39, 0.29) is 5.78 Å². The van der Waals surface area contributed by atoms with Gasteiger partial charge in [-0.3, -0.25) is 0 Å². The summed E-state index contributed by atoms with van der Waals surface area (Å²) in [7, 11) is 1.67. The molecule has 0 fully saturated rings. The normalized spacial score (nSPS) is 21.1. The number of ether oxygens (including phenoxy) is 1. The van der Waals surface area contributed by atoms with E-state index < -0.39 is 0 Å². The number of methoxy groups -OCH3 is 1. The van der Waals surface area contributed by atoms with Crippen molar-refractivity contribution in [3.8, 4) is 0 Å². The van der Waals surface area contributed by atoms with Crippen molar-refractivity contribution in [2.45, 2.75) is 26.2 Å². The minimum absolute atomic E-state index is 0.273. The lowest BCUT2D eigenvalue weighted by molar-refractivity contribution is -0.117. The van der Waals surface area contributed by atoms with Crippen molar-refractivity contribution < 1.29 is 9.53 Å². The van der Waals surface area contributed by atoms with E-state index in [1.54, 1.807) is 14.0 Å². The number of ketones is 1. The Morgan fingerprint density at radius 2 is 2.46 bits per heavy atom. The fourth-order valence-corrected chi connectivity index (χ4v) is 1.40. The van der Waals surface area contributed by atoms with E-state index in [4.69, 9.17) is 4.74 Å². The van der Waals surface area contributed by atoms with Crippen LogP contribution in [0.3, 0.4) is 0 Å². The lowest BCUT2D eigenvalue weighted by Crippen LogP contribution is -2.03. The minimum Gasteiger partial charge on any atom is -0.497 e. The van der Waals surface area contributed by atoms with E-state index in [9.17, 15) is 4.79 Å². The van der Waals surface area contributed by atoms with Crippen LogP contribution in [-0.4, -0.2) is 12.9 Å². The number of Topliss-reactive ketones (excluding diaryl/α,β-unsaturated/α-hetero) is 1. The number of hydrogen-bond donors (Lipinski definition) is 0. The zero-order valence-corrected chi connectivity index (χ0v) is 8.25. The first kappa shape index (κ1) is 10.0. The quantitative estimate of drug-likeness (QED) is 0.664. The summed E-state index contributed by atoms with van der Waals surface area (Å²) in [5.74, 6) is 1.72. The average molecular weight is 180 g/mol. The maximum Gasteiger partial charge on any atom is 0.129 e. The zero-order valence-electron chi connectivity index (χ0n) is 8.25. The highest BCUT2D eigenvalue weighted by Crippen LogP contribution is 2.20. The number of hydrogen-bond acceptors (Lipinski definition) is 2. The molecule has 1 rings (SSSR count). The molecule has 0 saturated heterocycles. The molecule has 72 valence electrons. The van der Waals surface area contributed by atoms with E-state index in [0.29, 0.717) is 12.3 Å². The second kappa shape index (κ2) is 4.85. The van der Waals surface area contributed by atoms with Gasteiger partial charge in [0.05, 0.1) is 7.11 Å². The second-order valence-corrected chi connectivity index (χ2v) is 3.41. The van der Waals surface area contributed by atoms with Gasteiger partial charge in [-0.2, -0.15) is 0 Å². The molecule has 0 N–H and O–H groups in total. The summed E-state index contributed by atoms with van der Waals surface area (Å²) < 4.78 is 5.07. The van der Waals surface area contributed by atoms with Gasteiger partial charge in [0.1, 0.15) is 11.5 Å². The molecule has 2 heteroatoms. The van der Waals surface area contributed by atoms with Gasteiger partial charge in [-0.05, 0) is 37.8 Å². The second-order valence-electron chi connectivity index (χ2n) is 3.41. The zero-order chi connectivity index (χ0) is 9.68. The van der Waals surface area contributed by atoms with E-state index in [1.165, 1.54) is 0 Å². The van der Waals surface area contributed by atoms with Gasteiger partial charge in [0.15, 0.2) is 0 Å². The van der Waals surface area contributed by atoms with Gasteiger partial charge >= 0.3 is 0 Å². The van der Waals surface area contributed by atoms with Gasteiger partial charge in [-0.15, -0.1) is 0 Å². The first-order chi connectivity index (χ1) is 6.22. The number of rotatable bonds is 4. The summed E-state index contributed by atoms with van der Waals surface area (Å²) in [5.41, 5.74) is 0. The Bertz CT molecular complexity index is 238. The first-order valence-electron chi connectivity index (χ1n) is 4.64. The average Bonchev–Trinajstić information content (AvgIpc) is 2.15. The highest BCUT2D eigenvalue weighted by molar-refractivity contribution is 5.75. The third-order valence-corrected chi connectivity index (χ3v) is 2.26. The Kier molecular flexibility index (Phi) is 3.74. The van der Waals surface area contributed by atoms with Gasteiger partial charge < -0.3 is 9.53 Å². The molecule has 0 aromatic rings. The smallest absolute Gasteiger partial charge is 0.129 e. The fourth-order valence-electron chi connectivity index (χ4n) is 1.40. The third-order valence-electron chi connectivity index (χ3n) is 2.26. The Balaban J connectivity index is 2.31. The molecule has 0 aromatic carbocycles.